The second kappa shape index (κ2) is 13.6. The van der Waals surface area contributed by atoms with E-state index in [1.54, 1.807) is 6.92 Å². The number of aliphatic carboxylic acids is 1. The molecule has 0 aliphatic heterocycles. The molecule has 0 fully saturated rings. The molecule has 0 aliphatic rings. The lowest BCUT2D eigenvalue weighted by Crippen LogP contribution is -2.08. The molecule has 0 amide bonds. The highest BCUT2D eigenvalue weighted by molar-refractivity contribution is 5.94. The molecule has 0 aromatic rings. The van der Waals surface area contributed by atoms with Crippen LogP contribution in [0.1, 0.15) is 33.6 Å². The summed E-state index contributed by atoms with van der Waals surface area (Å²) in [5, 5.41) is 8.57. The van der Waals surface area contributed by atoms with E-state index in [0.717, 1.165) is 18.9 Å². The van der Waals surface area contributed by atoms with E-state index in [4.69, 9.17) is 9.84 Å². The molecule has 6 nitrogen and oxygen atoms in total. The van der Waals surface area contributed by atoms with Crippen LogP contribution in [0.4, 0.5) is 0 Å². The fraction of sp³-hybridized carbons (Fsp3) is 0.438. The molecule has 124 valence electrons. The highest BCUT2D eigenvalue weighted by Crippen LogP contribution is 2.03. The minimum atomic E-state index is -1.07. The van der Waals surface area contributed by atoms with E-state index in [1.165, 1.54) is 13.0 Å². The highest BCUT2D eigenvalue weighted by atomic mass is 16.5. The number of carbonyl (C=O) groups is 3. The number of unbranched alkanes of at least 4 members (excludes halogenated alkanes) is 1. The van der Waals surface area contributed by atoms with Crippen LogP contribution < -0.4 is 0 Å². The van der Waals surface area contributed by atoms with Crippen molar-refractivity contribution in [1.82, 2.24) is 0 Å². The molecule has 0 spiro atoms. The zero-order valence-corrected chi connectivity index (χ0v) is 13.4. The predicted octanol–water partition coefficient (Wildman–Crippen LogP) is 2.65. The normalized spacial score (nSPS) is 9.86. The number of carboxylic acid groups (broad SMARTS) is 1. The van der Waals surface area contributed by atoms with E-state index in [2.05, 4.69) is 17.9 Å². The molecular formula is C16H24O6. The number of hydrogen-bond donors (Lipinski definition) is 1. The van der Waals surface area contributed by atoms with Gasteiger partial charge in [0.2, 0.25) is 0 Å². The van der Waals surface area contributed by atoms with Gasteiger partial charge >= 0.3 is 17.9 Å². The zero-order valence-electron chi connectivity index (χ0n) is 13.4. The Morgan fingerprint density at radius 1 is 1.18 bits per heavy atom. The third-order valence-electron chi connectivity index (χ3n) is 2.17. The summed E-state index contributed by atoms with van der Waals surface area (Å²) in [5.74, 6) is -2.00. The van der Waals surface area contributed by atoms with Crippen LogP contribution >= 0.6 is 0 Å². The van der Waals surface area contributed by atoms with Gasteiger partial charge in [0.25, 0.3) is 0 Å². The predicted molar refractivity (Wildman–Crippen MR) is 83.2 cm³/mol. The number of hydrogen-bond acceptors (Lipinski definition) is 5. The number of carboxylic acids is 1. The molecule has 0 saturated heterocycles. The smallest absolute Gasteiger partial charge is 0.337 e. The van der Waals surface area contributed by atoms with Crippen molar-refractivity contribution in [3.8, 4) is 0 Å². The van der Waals surface area contributed by atoms with Crippen LogP contribution in [-0.4, -0.2) is 36.2 Å². The lowest BCUT2D eigenvalue weighted by Gasteiger charge is -2.03. The van der Waals surface area contributed by atoms with Crippen LogP contribution in [0.3, 0.4) is 0 Å². The van der Waals surface area contributed by atoms with Gasteiger partial charge in [0.05, 0.1) is 18.8 Å². The third-order valence-corrected chi connectivity index (χ3v) is 2.17. The number of carbonyl (C=O) groups excluding carboxylic acids is 2. The van der Waals surface area contributed by atoms with E-state index >= 15 is 0 Å². The Morgan fingerprint density at radius 2 is 1.77 bits per heavy atom. The lowest BCUT2D eigenvalue weighted by molar-refractivity contribution is -0.139. The minimum Gasteiger partial charge on any atom is -0.478 e. The lowest BCUT2D eigenvalue weighted by atomic mass is 10.2. The molecule has 0 saturated carbocycles. The topological polar surface area (TPSA) is 89.9 Å². The minimum absolute atomic E-state index is 0.0611. The molecular weight excluding hydrogens is 288 g/mol. The Morgan fingerprint density at radius 3 is 2.14 bits per heavy atom. The van der Waals surface area contributed by atoms with Crippen molar-refractivity contribution in [3.63, 3.8) is 0 Å². The quantitative estimate of drug-likeness (QED) is 0.321. The first-order chi connectivity index (χ1) is 10.3. The molecule has 0 unspecified atom stereocenters. The summed E-state index contributed by atoms with van der Waals surface area (Å²) in [4.78, 5) is 31.7. The maximum absolute atomic E-state index is 11.2. The SMILES string of the molecule is C=C(C=C(C)C(=O)O)C(=O)OCCCC.C=CC(=O)OCC. The van der Waals surface area contributed by atoms with Crippen molar-refractivity contribution in [2.45, 2.75) is 33.6 Å². The summed E-state index contributed by atoms with van der Waals surface area (Å²) >= 11 is 0. The second-order valence-corrected chi connectivity index (χ2v) is 4.10. The largest absolute Gasteiger partial charge is 0.478 e. The zero-order chi connectivity index (χ0) is 17.5. The first kappa shape index (κ1) is 21.9. The Bertz CT molecular complexity index is 434. The van der Waals surface area contributed by atoms with Crippen molar-refractivity contribution in [2.75, 3.05) is 13.2 Å². The first-order valence-corrected chi connectivity index (χ1v) is 6.86. The number of ether oxygens (including phenoxy) is 2. The van der Waals surface area contributed by atoms with Crippen LogP contribution in [0.25, 0.3) is 0 Å². The van der Waals surface area contributed by atoms with E-state index in [1.807, 2.05) is 6.92 Å². The summed E-state index contributed by atoms with van der Waals surface area (Å²) < 4.78 is 9.28. The Hall–Kier alpha value is -2.37. The monoisotopic (exact) mass is 312 g/mol. The molecule has 6 heteroatoms. The molecule has 0 radical (unpaired) electrons. The van der Waals surface area contributed by atoms with Crippen LogP contribution in [0.2, 0.25) is 0 Å². The van der Waals surface area contributed by atoms with Gasteiger partial charge in [-0.3, -0.25) is 0 Å². The second-order valence-electron chi connectivity index (χ2n) is 4.10. The molecule has 0 bridgehead atoms. The van der Waals surface area contributed by atoms with Gasteiger partial charge in [0.15, 0.2) is 0 Å². The summed E-state index contributed by atoms with van der Waals surface area (Å²) in [7, 11) is 0. The van der Waals surface area contributed by atoms with Crippen molar-refractivity contribution in [1.29, 1.82) is 0 Å². The van der Waals surface area contributed by atoms with Crippen molar-refractivity contribution < 1.29 is 29.0 Å². The van der Waals surface area contributed by atoms with E-state index in [9.17, 15) is 14.4 Å². The van der Waals surface area contributed by atoms with Gasteiger partial charge in [-0.15, -0.1) is 0 Å². The summed E-state index contributed by atoms with van der Waals surface area (Å²) in [6.07, 6.45) is 4.07. The van der Waals surface area contributed by atoms with E-state index in [-0.39, 0.29) is 17.1 Å². The molecule has 0 aliphatic carbocycles. The third kappa shape index (κ3) is 12.7. The van der Waals surface area contributed by atoms with Gasteiger partial charge in [-0.2, -0.15) is 0 Å². The molecule has 22 heavy (non-hydrogen) atoms. The average Bonchev–Trinajstić information content (AvgIpc) is 2.47. The molecule has 0 rings (SSSR count). The first-order valence-electron chi connectivity index (χ1n) is 6.86. The maximum atomic E-state index is 11.2. The van der Waals surface area contributed by atoms with Crippen LogP contribution in [0.5, 0.6) is 0 Å². The summed E-state index contributed by atoms with van der Waals surface area (Å²) in [6.45, 7) is 12.5. The standard InChI is InChI=1S/C11H16O4.C5H8O2/c1-4-5-6-15-11(14)9(3)7-8(2)10(12)13;1-3-5(6)7-4-2/h7H,3-6H2,1-2H3,(H,12,13);3H,1,4H2,2H3. The fourth-order valence-electron chi connectivity index (χ4n) is 0.985. The fourth-order valence-corrected chi connectivity index (χ4v) is 0.985. The van der Waals surface area contributed by atoms with Gasteiger partial charge in [0.1, 0.15) is 0 Å². The Kier molecular flexibility index (Phi) is 13.6. The maximum Gasteiger partial charge on any atom is 0.337 e. The van der Waals surface area contributed by atoms with Gasteiger partial charge in [-0.25, -0.2) is 14.4 Å². The van der Waals surface area contributed by atoms with Crippen LogP contribution in [0.15, 0.2) is 36.5 Å². The Labute approximate surface area is 131 Å². The Balaban J connectivity index is 0. The van der Waals surface area contributed by atoms with E-state index in [0.29, 0.717) is 13.2 Å². The average molecular weight is 312 g/mol. The van der Waals surface area contributed by atoms with Crippen LogP contribution in [-0.2, 0) is 23.9 Å². The van der Waals surface area contributed by atoms with Gasteiger partial charge in [-0.05, 0) is 26.3 Å². The number of rotatable bonds is 8. The van der Waals surface area contributed by atoms with Crippen molar-refractivity contribution in [2.24, 2.45) is 0 Å². The van der Waals surface area contributed by atoms with Gasteiger partial charge in [-0.1, -0.05) is 26.5 Å². The van der Waals surface area contributed by atoms with Crippen LogP contribution in [0, 0.1) is 0 Å². The molecule has 0 atom stereocenters. The van der Waals surface area contributed by atoms with Crippen molar-refractivity contribution in [3.05, 3.63) is 36.5 Å². The summed E-state index contributed by atoms with van der Waals surface area (Å²) in [6, 6.07) is 0. The molecule has 1 N–H and O–H groups in total. The number of esters is 2. The van der Waals surface area contributed by atoms with E-state index < -0.39 is 11.9 Å². The van der Waals surface area contributed by atoms with Gasteiger partial charge < -0.3 is 14.6 Å². The molecule has 0 heterocycles. The highest BCUT2D eigenvalue weighted by Gasteiger charge is 2.08. The van der Waals surface area contributed by atoms with Crippen molar-refractivity contribution >= 4 is 17.9 Å². The molecule has 0 aromatic heterocycles. The van der Waals surface area contributed by atoms with Gasteiger partial charge in [0, 0.05) is 11.6 Å². The molecule has 0 aromatic carbocycles. The summed E-state index contributed by atoms with van der Waals surface area (Å²) in [5.41, 5.74) is 0.124.